The van der Waals surface area contributed by atoms with E-state index in [0.29, 0.717) is 31.9 Å². The molecule has 3 heterocycles. The van der Waals surface area contributed by atoms with E-state index in [0.717, 1.165) is 6.07 Å². The van der Waals surface area contributed by atoms with E-state index < -0.39 is 11.9 Å². The van der Waals surface area contributed by atoms with Crippen LogP contribution in [0.15, 0.2) is 18.5 Å². The number of morpholine rings is 1. The minimum absolute atomic E-state index is 0.00921. The van der Waals surface area contributed by atoms with Crippen LogP contribution in [0.4, 0.5) is 25.1 Å². The van der Waals surface area contributed by atoms with Gasteiger partial charge in [0.1, 0.15) is 0 Å². The van der Waals surface area contributed by atoms with Gasteiger partial charge >= 0.3 is 6.18 Å². The van der Waals surface area contributed by atoms with Gasteiger partial charge in [0.05, 0.1) is 18.9 Å². The Hall–Kier alpha value is -2.49. The summed E-state index contributed by atoms with van der Waals surface area (Å²) in [6.07, 6.45) is -1.92. The standard InChI is InChI=1S/C13H13F3N6O/c14-13(15,16)10-5-9(8-6-18-11(17)19-7-8)20-12(21-10)22-1-3-23-4-2-22/h5-7H,1-4H2,(H2,17,18,19). The van der Waals surface area contributed by atoms with Gasteiger partial charge in [-0.15, -0.1) is 0 Å². The molecular weight excluding hydrogens is 313 g/mol. The zero-order valence-electron chi connectivity index (χ0n) is 11.9. The van der Waals surface area contributed by atoms with E-state index in [9.17, 15) is 13.2 Å². The van der Waals surface area contributed by atoms with Crippen molar-refractivity contribution in [3.8, 4) is 11.3 Å². The Morgan fingerprint density at radius 3 is 2.35 bits per heavy atom. The number of halogens is 3. The molecule has 23 heavy (non-hydrogen) atoms. The van der Waals surface area contributed by atoms with Gasteiger partial charge in [-0.05, 0) is 6.07 Å². The fourth-order valence-corrected chi connectivity index (χ4v) is 2.10. The summed E-state index contributed by atoms with van der Waals surface area (Å²) in [6, 6.07) is 0.874. The average molecular weight is 326 g/mol. The summed E-state index contributed by atoms with van der Waals surface area (Å²) in [7, 11) is 0. The average Bonchev–Trinajstić information content (AvgIpc) is 2.55. The number of anilines is 2. The van der Waals surface area contributed by atoms with Crippen molar-refractivity contribution in [3.05, 3.63) is 24.2 Å². The molecule has 1 aliphatic rings. The fraction of sp³-hybridized carbons (Fsp3) is 0.385. The summed E-state index contributed by atoms with van der Waals surface area (Å²) < 4.78 is 44.5. The molecule has 7 nitrogen and oxygen atoms in total. The van der Waals surface area contributed by atoms with Crippen molar-refractivity contribution >= 4 is 11.9 Å². The van der Waals surface area contributed by atoms with E-state index in [2.05, 4.69) is 19.9 Å². The molecule has 0 aliphatic carbocycles. The predicted molar refractivity (Wildman–Crippen MR) is 75.5 cm³/mol. The maximum Gasteiger partial charge on any atom is 0.433 e. The van der Waals surface area contributed by atoms with Crippen LogP contribution < -0.4 is 10.6 Å². The molecule has 2 aromatic heterocycles. The van der Waals surface area contributed by atoms with E-state index in [1.54, 1.807) is 4.90 Å². The number of rotatable bonds is 2. The maximum atomic E-state index is 13.1. The number of aromatic nitrogens is 4. The highest BCUT2D eigenvalue weighted by molar-refractivity contribution is 5.59. The Balaban J connectivity index is 2.05. The van der Waals surface area contributed by atoms with E-state index in [1.165, 1.54) is 12.4 Å². The first-order valence-electron chi connectivity index (χ1n) is 6.80. The second-order valence-corrected chi connectivity index (χ2v) is 4.87. The summed E-state index contributed by atoms with van der Waals surface area (Å²) in [5.74, 6) is 0.0437. The molecule has 10 heteroatoms. The van der Waals surface area contributed by atoms with Gasteiger partial charge in [-0.1, -0.05) is 0 Å². The zero-order valence-corrected chi connectivity index (χ0v) is 11.9. The highest BCUT2D eigenvalue weighted by Gasteiger charge is 2.34. The van der Waals surface area contributed by atoms with Crippen LogP contribution >= 0.6 is 0 Å². The van der Waals surface area contributed by atoms with Crippen LogP contribution in [0.5, 0.6) is 0 Å². The van der Waals surface area contributed by atoms with Gasteiger partial charge in [-0.2, -0.15) is 13.2 Å². The van der Waals surface area contributed by atoms with Crippen molar-refractivity contribution in [2.24, 2.45) is 0 Å². The molecule has 0 amide bonds. The third kappa shape index (κ3) is 3.47. The third-order valence-electron chi connectivity index (χ3n) is 3.27. The van der Waals surface area contributed by atoms with Crippen LogP contribution in [-0.4, -0.2) is 46.2 Å². The second kappa shape index (κ2) is 5.95. The molecule has 2 aromatic rings. The Kier molecular flexibility index (Phi) is 3.99. The first-order valence-corrected chi connectivity index (χ1v) is 6.80. The molecule has 1 aliphatic heterocycles. The van der Waals surface area contributed by atoms with Crippen LogP contribution in [0.3, 0.4) is 0 Å². The molecule has 0 bridgehead atoms. The fourth-order valence-electron chi connectivity index (χ4n) is 2.10. The first kappa shape index (κ1) is 15.4. The first-order chi connectivity index (χ1) is 10.9. The molecule has 0 aromatic carbocycles. The summed E-state index contributed by atoms with van der Waals surface area (Å²) in [4.78, 5) is 17.1. The topological polar surface area (TPSA) is 90.0 Å². The predicted octanol–water partition coefficient (Wildman–Crippen LogP) is 1.37. The van der Waals surface area contributed by atoms with Crippen molar-refractivity contribution < 1.29 is 17.9 Å². The van der Waals surface area contributed by atoms with E-state index in [-0.39, 0.29) is 17.6 Å². The van der Waals surface area contributed by atoms with Gasteiger partial charge in [0.15, 0.2) is 5.69 Å². The van der Waals surface area contributed by atoms with Crippen molar-refractivity contribution in [2.45, 2.75) is 6.18 Å². The van der Waals surface area contributed by atoms with Gasteiger partial charge in [0.25, 0.3) is 0 Å². The lowest BCUT2D eigenvalue weighted by molar-refractivity contribution is -0.141. The number of ether oxygens (including phenoxy) is 1. The summed E-state index contributed by atoms with van der Waals surface area (Å²) in [6.45, 7) is 1.69. The SMILES string of the molecule is Nc1ncc(-c2cc(C(F)(F)F)nc(N3CCOCC3)n2)cn1. The summed E-state index contributed by atoms with van der Waals surface area (Å²) in [5.41, 5.74) is 4.81. The summed E-state index contributed by atoms with van der Waals surface area (Å²) in [5, 5.41) is 0. The van der Waals surface area contributed by atoms with Crippen molar-refractivity contribution in [1.29, 1.82) is 0 Å². The number of nitrogen functional groups attached to an aromatic ring is 1. The molecule has 0 atom stereocenters. The Labute approximate surface area is 129 Å². The zero-order chi connectivity index (χ0) is 16.4. The lowest BCUT2D eigenvalue weighted by Gasteiger charge is -2.27. The minimum Gasteiger partial charge on any atom is -0.378 e. The lowest BCUT2D eigenvalue weighted by Crippen LogP contribution is -2.37. The Morgan fingerprint density at radius 2 is 1.74 bits per heavy atom. The molecular formula is C13H13F3N6O. The number of hydrogen-bond acceptors (Lipinski definition) is 7. The largest absolute Gasteiger partial charge is 0.433 e. The number of hydrogen-bond donors (Lipinski definition) is 1. The van der Waals surface area contributed by atoms with Crippen LogP contribution in [0.1, 0.15) is 5.69 Å². The third-order valence-corrected chi connectivity index (χ3v) is 3.27. The molecule has 2 N–H and O–H groups in total. The van der Waals surface area contributed by atoms with Crippen molar-refractivity contribution in [1.82, 2.24) is 19.9 Å². The molecule has 0 spiro atoms. The van der Waals surface area contributed by atoms with Gasteiger partial charge < -0.3 is 15.4 Å². The quantitative estimate of drug-likeness (QED) is 0.891. The molecule has 1 fully saturated rings. The summed E-state index contributed by atoms with van der Waals surface area (Å²) >= 11 is 0. The van der Waals surface area contributed by atoms with Gasteiger partial charge in [-0.3, -0.25) is 0 Å². The monoisotopic (exact) mass is 326 g/mol. The number of nitrogens with zero attached hydrogens (tertiary/aromatic N) is 5. The number of alkyl halides is 3. The highest BCUT2D eigenvalue weighted by atomic mass is 19.4. The maximum absolute atomic E-state index is 13.1. The lowest BCUT2D eigenvalue weighted by atomic mass is 10.2. The minimum atomic E-state index is -4.58. The van der Waals surface area contributed by atoms with Crippen LogP contribution in [0.2, 0.25) is 0 Å². The molecule has 1 saturated heterocycles. The van der Waals surface area contributed by atoms with Gasteiger partial charge in [-0.25, -0.2) is 19.9 Å². The Bertz CT molecular complexity index is 685. The molecule has 0 unspecified atom stereocenters. The Morgan fingerprint density at radius 1 is 1.09 bits per heavy atom. The smallest absolute Gasteiger partial charge is 0.378 e. The van der Waals surface area contributed by atoms with Crippen LogP contribution in [-0.2, 0) is 10.9 Å². The normalized spacial score (nSPS) is 15.7. The second-order valence-electron chi connectivity index (χ2n) is 4.87. The molecule has 0 saturated carbocycles. The molecule has 3 rings (SSSR count). The van der Waals surface area contributed by atoms with Gasteiger partial charge in [0, 0.05) is 31.0 Å². The van der Waals surface area contributed by atoms with E-state index >= 15 is 0 Å². The van der Waals surface area contributed by atoms with Crippen LogP contribution in [0.25, 0.3) is 11.3 Å². The van der Waals surface area contributed by atoms with Crippen molar-refractivity contribution in [2.75, 3.05) is 36.9 Å². The van der Waals surface area contributed by atoms with E-state index in [4.69, 9.17) is 10.5 Å². The number of nitrogens with two attached hydrogens (primary N) is 1. The van der Waals surface area contributed by atoms with E-state index in [1.807, 2.05) is 0 Å². The van der Waals surface area contributed by atoms with Crippen LogP contribution in [0, 0.1) is 0 Å². The highest BCUT2D eigenvalue weighted by Crippen LogP contribution is 2.31. The van der Waals surface area contributed by atoms with Gasteiger partial charge in [0.2, 0.25) is 11.9 Å². The molecule has 0 radical (unpaired) electrons. The molecule has 122 valence electrons. The van der Waals surface area contributed by atoms with Crippen molar-refractivity contribution in [3.63, 3.8) is 0 Å².